The number of nitriles is 4. The minimum Gasteiger partial charge on any atom is -0.367 e. The molecule has 304 valence electrons. The lowest BCUT2D eigenvalue weighted by Crippen LogP contribution is -2.40. The number of hydrogen-bond acceptors (Lipinski definition) is 12. The van der Waals surface area contributed by atoms with Crippen LogP contribution in [0.5, 0.6) is 0 Å². The Kier molecular flexibility index (Phi) is 15.6. The normalized spacial score (nSPS) is 14.3. The summed E-state index contributed by atoms with van der Waals surface area (Å²) < 4.78 is 52.7. The first-order valence-electron chi connectivity index (χ1n) is 18.3. The molecule has 0 amide bonds. The van der Waals surface area contributed by atoms with Gasteiger partial charge in [-0.3, -0.25) is 0 Å². The highest BCUT2D eigenvalue weighted by molar-refractivity contribution is 7.96. The van der Waals surface area contributed by atoms with Crippen LogP contribution in [0.25, 0.3) is 0 Å². The molecule has 0 aromatic heterocycles. The van der Waals surface area contributed by atoms with E-state index in [2.05, 4.69) is 21.3 Å². The SMILES string of the molecule is CC(NC(Nc1cccc(C#N)c1)=C(C#N)S(=O)(=O)c1ccc(Cl)cc1)C(C)(C)C.N#CC(=C(Nc1cccc(C#N)c1)NC1CCCC1)S(=O)(=O)c1ccc(Cl)cc1. The third-order valence-electron chi connectivity index (χ3n) is 9.33. The third-order valence-corrected chi connectivity index (χ3v) is 13.3. The van der Waals surface area contributed by atoms with Gasteiger partial charge >= 0.3 is 0 Å². The monoisotopic (exact) mass is 868 g/mol. The highest BCUT2D eigenvalue weighted by Crippen LogP contribution is 2.28. The zero-order valence-electron chi connectivity index (χ0n) is 32.7. The van der Waals surface area contributed by atoms with E-state index in [-0.39, 0.29) is 38.9 Å². The summed E-state index contributed by atoms with van der Waals surface area (Å²) in [7, 11) is -8.20. The second-order valence-electron chi connectivity index (χ2n) is 14.5. The molecule has 16 heteroatoms. The molecule has 1 aliphatic rings. The average molecular weight is 870 g/mol. The van der Waals surface area contributed by atoms with Gasteiger partial charge in [-0.1, -0.05) is 68.9 Å². The van der Waals surface area contributed by atoms with Crippen LogP contribution in [-0.2, 0) is 19.7 Å². The van der Waals surface area contributed by atoms with Crippen LogP contribution in [0.4, 0.5) is 11.4 Å². The molecule has 0 saturated heterocycles. The van der Waals surface area contributed by atoms with Crippen LogP contribution < -0.4 is 21.3 Å². The molecule has 0 radical (unpaired) electrons. The minimum absolute atomic E-state index is 0.0169. The number of anilines is 2. The van der Waals surface area contributed by atoms with Crippen LogP contribution in [0.2, 0.25) is 10.0 Å². The molecule has 5 rings (SSSR count). The lowest BCUT2D eigenvalue weighted by atomic mass is 9.88. The van der Waals surface area contributed by atoms with Crippen molar-refractivity contribution in [2.24, 2.45) is 5.41 Å². The number of rotatable bonds is 12. The third kappa shape index (κ3) is 12.3. The quantitative estimate of drug-likeness (QED) is 0.0982. The molecule has 1 aliphatic carbocycles. The van der Waals surface area contributed by atoms with Gasteiger partial charge in [0.15, 0.2) is 9.81 Å². The number of sulfone groups is 2. The Labute approximate surface area is 356 Å². The van der Waals surface area contributed by atoms with Crippen molar-refractivity contribution in [3.05, 3.63) is 140 Å². The summed E-state index contributed by atoms with van der Waals surface area (Å²) in [5.74, 6) is 0.161. The van der Waals surface area contributed by atoms with Gasteiger partial charge in [-0.15, -0.1) is 0 Å². The number of benzene rings is 4. The number of halogens is 2. The van der Waals surface area contributed by atoms with E-state index >= 15 is 0 Å². The van der Waals surface area contributed by atoms with E-state index in [4.69, 9.17) is 33.7 Å². The van der Waals surface area contributed by atoms with Crippen LogP contribution in [0.1, 0.15) is 64.5 Å². The van der Waals surface area contributed by atoms with Crippen molar-refractivity contribution in [2.45, 2.75) is 75.3 Å². The minimum atomic E-state index is -4.12. The average Bonchev–Trinajstić information content (AvgIpc) is 3.71. The molecule has 4 N–H and O–H groups in total. The maximum atomic E-state index is 13.2. The molecular formula is C43H42Cl2N8O4S2. The van der Waals surface area contributed by atoms with E-state index in [0.29, 0.717) is 32.5 Å². The summed E-state index contributed by atoms with van der Waals surface area (Å²) in [6.07, 6.45) is 3.87. The van der Waals surface area contributed by atoms with Gasteiger partial charge in [0.25, 0.3) is 0 Å². The van der Waals surface area contributed by atoms with Crippen LogP contribution in [0.3, 0.4) is 0 Å². The lowest BCUT2D eigenvalue weighted by Gasteiger charge is -2.30. The maximum absolute atomic E-state index is 13.2. The molecule has 1 fully saturated rings. The Hall–Kier alpha value is -6.00. The van der Waals surface area contributed by atoms with Crippen molar-refractivity contribution in [1.82, 2.24) is 10.6 Å². The second-order valence-corrected chi connectivity index (χ2v) is 19.2. The molecule has 0 spiro atoms. The highest BCUT2D eigenvalue weighted by atomic mass is 35.5. The van der Waals surface area contributed by atoms with Crippen LogP contribution in [0.15, 0.2) is 128 Å². The largest absolute Gasteiger partial charge is 0.367 e. The zero-order valence-corrected chi connectivity index (χ0v) is 35.9. The number of nitrogens with zero attached hydrogens (tertiary/aromatic N) is 4. The van der Waals surface area contributed by atoms with Gasteiger partial charge in [-0.25, -0.2) is 16.8 Å². The van der Waals surface area contributed by atoms with E-state index in [9.17, 15) is 27.4 Å². The Morgan fingerprint density at radius 1 is 0.661 bits per heavy atom. The summed E-state index contributed by atoms with van der Waals surface area (Å²) >= 11 is 11.7. The van der Waals surface area contributed by atoms with Crippen molar-refractivity contribution in [3.8, 4) is 24.3 Å². The van der Waals surface area contributed by atoms with Crippen LogP contribution in [0, 0.1) is 50.7 Å². The smallest absolute Gasteiger partial charge is 0.220 e. The van der Waals surface area contributed by atoms with Gasteiger partial charge in [-0.2, -0.15) is 21.0 Å². The van der Waals surface area contributed by atoms with Crippen molar-refractivity contribution < 1.29 is 16.8 Å². The second kappa shape index (κ2) is 20.1. The van der Waals surface area contributed by atoms with Gasteiger partial charge in [0.05, 0.1) is 33.1 Å². The van der Waals surface area contributed by atoms with Gasteiger partial charge < -0.3 is 21.3 Å². The Bertz CT molecular complexity index is 2610. The first-order valence-corrected chi connectivity index (χ1v) is 22.0. The summed E-state index contributed by atoms with van der Waals surface area (Å²) in [4.78, 5) is -0.923. The van der Waals surface area contributed by atoms with Crippen LogP contribution in [-0.4, -0.2) is 28.9 Å². The molecule has 1 saturated carbocycles. The summed E-state index contributed by atoms with van der Waals surface area (Å²) in [6, 6.07) is 32.2. The number of allylic oxidation sites excluding steroid dienone is 2. The van der Waals surface area contributed by atoms with Crippen LogP contribution >= 0.6 is 23.2 Å². The Morgan fingerprint density at radius 3 is 1.46 bits per heavy atom. The molecule has 1 atom stereocenters. The topological polar surface area (TPSA) is 212 Å². The standard InChI is InChI=1S/C22H23ClN4O2S.C21H19ClN4O2S/c1-15(22(2,3)4)26-21(27-18-7-5-6-16(12-18)13-24)20(14-25)30(28,29)19-10-8-17(23)9-11-19;22-16-8-10-19(11-9-16)29(27,28)20(14-24)21(25-17-5-1-2-6-17)26-18-7-3-4-15(12-18)13-23/h5-12,15,26-27H,1-4H3;3-4,7-12,17,25-26H,1-2,5-6H2. The van der Waals surface area contributed by atoms with E-state index in [1.165, 1.54) is 48.5 Å². The molecule has 1 unspecified atom stereocenters. The molecular weight excluding hydrogens is 828 g/mol. The van der Waals surface area contributed by atoms with Crippen molar-refractivity contribution in [3.63, 3.8) is 0 Å². The first-order chi connectivity index (χ1) is 27.9. The summed E-state index contributed by atoms with van der Waals surface area (Å²) in [6.45, 7) is 7.90. The van der Waals surface area contributed by atoms with E-state index in [0.717, 1.165) is 25.7 Å². The summed E-state index contributed by atoms with van der Waals surface area (Å²) in [5, 5.41) is 50.9. The van der Waals surface area contributed by atoms with Gasteiger partial charge in [0.2, 0.25) is 19.7 Å². The highest BCUT2D eigenvalue weighted by Gasteiger charge is 2.30. The van der Waals surface area contributed by atoms with E-state index < -0.39 is 29.5 Å². The van der Waals surface area contributed by atoms with Crippen molar-refractivity contribution >= 4 is 54.3 Å². The maximum Gasteiger partial charge on any atom is 0.220 e. The molecule has 59 heavy (non-hydrogen) atoms. The predicted octanol–water partition coefficient (Wildman–Crippen LogP) is 9.14. The fourth-order valence-electron chi connectivity index (χ4n) is 5.61. The molecule has 4 aromatic carbocycles. The first kappa shape index (κ1) is 45.7. The van der Waals surface area contributed by atoms with Gasteiger partial charge in [0.1, 0.15) is 23.8 Å². The van der Waals surface area contributed by atoms with Crippen molar-refractivity contribution in [1.29, 1.82) is 21.0 Å². The molecule has 12 nitrogen and oxygen atoms in total. The Morgan fingerprint density at radius 2 is 1.07 bits per heavy atom. The molecule has 4 aromatic rings. The number of nitrogens with one attached hydrogen (secondary N) is 4. The van der Waals surface area contributed by atoms with E-state index in [1.807, 2.05) is 52.0 Å². The molecule has 0 heterocycles. The summed E-state index contributed by atoms with van der Waals surface area (Å²) in [5.41, 5.74) is 1.61. The van der Waals surface area contributed by atoms with E-state index in [1.54, 1.807) is 48.5 Å². The number of hydrogen-bond donors (Lipinski definition) is 4. The molecule has 0 bridgehead atoms. The van der Waals surface area contributed by atoms with Gasteiger partial charge in [-0.05, 0) is 110 Å². The fraction of sp³-hybridized carbons (Fsp3) is 0.256. The van der Waals surface area contributed by atoms with Crippen molar-refractivity contribution in [2.75, 3.05) is 10.6 Å². The lowest BCUT2D eigenvalue weighted by molar-refractivity contribution is 0.303. The predicted molar refractivity (Wildman–Crippen MR) is 230 cm³/mol. The van der Waals surface area contributed by atoms with Gasteiger partial charge in [0, 0.05) is 33.5 Å². The fourth-order valence-corrected chi connectivity index (χ4v) is 8.32. The Balaban J connectivity index is 0.000000261. The molecule has 0 aliphatic heterocycles. The zero-order chi connectivity index (χ0) is 43.4.